The van der Waals surface area contributed by atoms with Gasteiger partial charge in [0.15, 0.2) is 6.29 Å². The van der Waals surface area contributed by atoms with Gasteiger partial charge in [-0.05, 0) is 6.42 Å². The molecule has 0 aromatic carbocycles. The van der Waals surface area contributed by atoms with Crippen LogP contribution >= 0.6 is 0 Å². The van der Waals surface area contributed by atoms with Gasteiger partial charge in [-0.15, -0.1) is 0 Å². The van der Waals surface area contributed by atoms with Crippen LogP contribution in [0.3, 0.4) is 0 Å². The molecule has 2 heterocycles. The Balaban J connectivity index is 1.93. The fourth-order valence-electron chi connectivity index (χ4n) is 1.44. The van der Waals surface area contributed by atoms with E-state index in [-0.39, 0.29) is 19.0 Å². The Morgan fingerprint density at radius 2 is 2.44 bits per heavy atom. The van der Waals surface area contributed by atoms with Crippen molar-refractivity contribution in [3.8, 4) is 0 Å². The lowest BCUT2D eigenvalue weighted by molar-refractivity contribution is -0.270. The SMILES string of the molecule is OCC1OC2OCCC12. The summed E-state index contributed by atoms with van der Waals surface area (Å²) < 4.78 is 10.3. The number of aliphatic hydroxyl groups excluding tert-OH is 1. The lowest BCUT2D eigenvalue weighted by Crippen LogP contribution is -2.48. The van der Waals surface area contributed by atoms with Crippen LogP contribution in [0.2, 0.25) is 0 Å². The van der Waals surface area contributed by atoms with Gasteiger partial charge in [0.1, 0.15) is 0 Å². The normalized spacial score (nSPS) is 48.3. The Morgan fingerprint density at radius 3 is 3.11 bits per heavy atom. The highest BCUT2D eigenvalue weighted by molar-refractivity contribution is 4.86. The molecule has 0 radical (unpaired) electrons. The molecular formula is C6H10O3. The summed E-state index contributed by atoms with van der Waals surface area (Å²) in [4.78, 5) is 0. The van der Waals surface area contributed by atoms with Crippen LogP contribution in [0, 0.1) is 5.92 Å². The molecule has 2 rings (SSSR count). The third kappa shape index (κ3) is 0.689. The quantitative estimate of drug-likeness (QED) is 0.531. The van der Waals surface area contributed by atoms with Gasteiger partial charge in [-0.1, -0.05) is 0 Å². The van der Waals surface area contributed by atoms with Crippen molar-refractivity contribution < 1.29 is 14.6 Å². The molecule has 2 aliphatic heterocycles. The molecular weight excluding hydrogens is 120 g/mol. The Kier molecular flexibility index (Phi) is 1.22. The molecule has 3 heteroatoms. The van der Waals surface area contributed by atoms with Gasteiger partial charge in [0.25, 0.3) is 0 Å². The summed E-state index contributed by atoms with van der Waals surface area (Å²) in [5.41, 5.74) is 0. The summed E-state index contributed by atoms with van der Waals surface area (Å²) in [7, 11) is 0. The molecule has 3 nitrogen and oxygen atoms in total. The van der Waals surface area contributed by atoms with Gasteiger partial charge < -0.3 is 14.6 Å². The maximum atomic E-state index is 8.65. The van der Waals surface area contributed by atoms with E-state index in [1.165, 1.54) is 0 Å². The summed E-state index contributed by atoms with van der Waals surface area (Å²) in [5.74, 6) is 0.481. The smallest absolute Gasteiger partial charge is 0.163 e. The molecule has 3 unspecified atom stereocenters. The second-order valence-electron chi connectivity index (χ2n) is 2.55. The summed E-state index contributed by atoms with van der Waals surface area (Å²) in [5, 5.41) is 8.65. The second-order valence-corrected chi connectivity index (χ2v) is 2.55. The van der Waals surface area contributed by atoms with Crippen LogP contribution in [0.25, 0.3) is 0 Å². The van der Waals surface area contributed by atoms with Crippen molar-refractivity contribution in [2.45, 2.75) is 18.8 Å². The van der Waals surface area contributed by atoms with Crippen LogP contribution in [-0.4, -0.2) is 30.7 Å². The van der Waals surface area contributed by atoms with Crippen LogP contribution in [0.15, 0.2) is 0 Å². The molecule has 0 aliphatic carbocycles. The maximum Gasteiger partial charge on any atom is 0.163 e. The predicted molar refractivity (Wildman–Crippen MR) is 29.8 cm³/mol. The van der Waals surface area contributed by atoms with Crippen LogP contribution < -0.4 is 0 Å². The molecule has 0 aromatic heterocycles. The van der Waals surface area contributed by atoms with Crippen molar-refractivity contribution in [3.05, 3.63) is 0 Å². The first kappa shape index (κ1) is 5.65. The van der Waals surface area contributed by atoms with Gasteiger partial charge >= 0.3 is 0 Å². The van der Waals surface area contributed by atoms with E-state index < -0.39 is 0 Å². The van der Waals surface area contributed by atoms with Crippen LogP contribution in [-0.2, 0) is 9.47 Å². The minimum atomic E-state index is 0.0159. The summed E-state index contributed by atoms with van der Waals surface area (Å²) in [6, 6.07) is 0. The highest BCUT2D eigenvalue weighted by atomic mass is 16.7. The number of aliphatic hydroxyl groups is 1. The van der Waals surface area contributed by atoms with E-state index >= 15 is 0 Å². The zero-order chi connectivity index (χ0) is 6.27. The van der Waals surface area contributed by atoms with Gasteiger partial charge in [-0.2, -0.15) is 0 Å². The lowest BCUT2D eigenvalue weighted by Gasteiger charge is -2.37. The van der Waals surface area contributed by atoms with Gasteiger partial charge in [0, 0.05) is 5.92 Å². The molecule has 0 saturated carbocycles. The molecule has 2 aliphatic rings. The predicted octanol–water partition coefficient (Wildman–Crippen LogP) is -0.260. The fraction of sp³-hybridized carbons (Fsp3) is 1.00. The molecule has 9 heavy (non-hydrogen) atoms. The monoisotopic (exact) mass is 130 g/mol. The van der Waals surface area contributed by atoms with Gasteiger partial charge in [0.05, 0.1) is 19.3 Å². The van der Waals surface area contributed by atoms with E-state index in [1.54, 1.807) is 0 Å². The van der Waals surface area contributed by atoms with Gasteiger partial charge in [-0.3, -0.25) is 0 Å². The Hall–Kier alpha value is -0.120. The first-order valence-electron chi connectivity index (χ1n) is 3.30. The summed E-state index contributed by atoms with van der Waals surface area (Å²) in [6.07, 6.45) is 1.13. The first-order valence-corrected chi connectivity index (χ1v) is 3.30. The van der Waals surface area contributed by atoms with Crippen molar-refractivity contribution >= 4 is 0 Å². The van der Waals surface area contributed by atoms with Gasteiger partial charge in [0.2, 0.25) is 0 Å². The molecule has 1 N–H and O–H groups in total. The van der Waals surface area contributed by atoms with Crippen molar-refractivity contribution in [1.29, 1.82) is 0 Å². The van der Waals surface area contributed by atoms with Crippen molar-refractivity contribution in [2.24, 2.45) is 5.92 Å². The number of hydrogen-bond acceptors (Lipinski definition) is 3. The highest BCUT2D eigenvalue weighted by Crippen LogP contribution is 2.36. The summed E-state index contributed by atoms with van der Waals surface area (Å²) in [6.45, 7) is 0.941. The average Bonchev–Trinajstić information content (AvgIpc) is 2.14. The van der Waals surface area contributed by atoms with Crippen molar-refractivity contribution in [3.63, 3.8) is 0 Å². The van der Waals surface area contributed by atoms with E-state index in [2.05, 4.69) is 0 Å². The third-order valence-electron chi connectivity index (χ3n) is 2.05. The maximum absolute atomic E-state index is 8.65. The molecule has 0 spiro atoms. The minimum absolute atomic E-state index is 0.0159. The lowest BCUT2D eigenvalue weighted by atomic mass is 9.95. The second kappa shape index (κ2) is 1.94. The number of fused-ring (bicyclic) bond motifs is 1. The van der Waals surface area contributed by atoms with Gasteiger partial charge in [-0.25, -0.2) is 0 Å². The molecule has 0 aromatic rings. The zero-order valence-corrected chi connectivity index (χ0v) is 5.12. The van der Waals surface area contributed by atoms with E-state index in [0.717, 1.165) is 13.0 Å². The number of ether oxygens (including phenoxy) is 2. The standard InChI is InChI=1S/C6H10O3/c7-3-5-4-1-2-8-6(4)9-5/h4-7H,1-3H2. The minimum Gasteiger partial charge on any atom is -0.394 e. The van der Waals surface area contributed by atoms with Crippen LogP contribution in [0.5, 0.6) is 0 Å². The van der Waals surface area contributed by atoms with Crippen molar-refractivity contribution in [1.82, 2.24) is 0 Å². The Bertz CT molecular complexity index is 115. The largest absolute Gasteiger partial charge is 0.394 e. The average molecular weight is 130 g/mol. The molecule has 0 amide bonds. The molecule has 3 atom stereocenters. The molecule has 0 bridgehead atoms. The highest BCUT2D eigenvalue weighted by Gasteiger charge is 2.46. The molecule has 2 fully saturated rings. The molecule has 2 saturated heterocycles. The van der Waals surface area contributed by atoms with Crippen LogP contribution in [0.4, 0.5) is 0 Å². The first-order chi connectivity index (χ1) is 4.42. The van der Waals surface area contributed by atoms with Crippen LogP contribution in [0.1, 0.15) is 6.42 Å². The van der Waals surface area contributed by atoms with Crippen molar-refractivity contribution in [2.75, 3.05) is 13.2 Å². The Morgan fingerprint density at radius 1 is 1.56 bits per heavy atom. The third-order valence-corrected chi connectivity index (χ3v) is 2.05. The van der Waals surface area contributed by atoms with E-state index in [0.29, 0.717) is 5.92 Å². The topological polar surface area (TPSA) is 38.7 Å². The fourth-order valence-corrected chi connectivity index (χ4v) is 1.44. The zero-order valence-electron chi connectivity index (χ0n) is 5.12. The summed E-state index contributed by atoms with van der Waals surface area (Å²) >= 11 is 0. The van der Waals surface area contributed by atoms with E-state index in [4.69, 9.17) is 14.6 Å². The van der Waals surface area contributed by atoms with E-state index in [9.17, 15) is 0 Å². The molecule has 52 valence electrons. The van der Waals surface area contributed by atoms with E-state index in [1.807, 2.05) is 0 Å². The Labute approximate surface area is 53.6 Å². The number of hydrogen-bond donors (Lipinski definition) is 1. The number of rotatable bonds is 1.